The number of halogens is 1. The van der Waals surface area contributed by atoms with Crippen LogP contribution in [-0.4, -0.2) is 15.8 Å². The van der Waals surface area contributed by atoms with E-state index in [4.69, 9.17) is 20.4 Å². The van der Waals surface area contributed by atoms with E-state index in [1.54, 1.807) is 18.2 Å². The summed E-state index contributed by atoms with van der Waals surface area (Å²) in [4.78, 5) is 26.7. The highest BCUT2D eigenvalue weighted by Gasteiger charge is 2.18. The molecule has 0 atom stereocenters. The van der Waals surface area contributed by atoms with Crippen molar-refractivity contribution in [2.75, 3.05) is 5.32 Å². The molecule has 0 aliphatic heterocycles. The number of anilines is 1. The van der Waals surface area contributed by atoms with Crippen LogP contribution in [0.25, 0.3) is 22.6 Å². The molecule has 1 amide bonds. The van der Waals surface area contributed by atoms with Gasteiger partial charge in [0.15, 0.2) is 11.3 Å². The van der Waals surface area contributed by atoms with E-state index in [0.29, 0.717) is 33.3 Å². The Kier molecular flexibility index (Phi) is 4.32. The molecule has 0 saturated heterocycles. The number of hydrogen-bond acceptors (Lipinski definition) is 6. The molecule has 2 aromatic heterocycles. The maximum absolute atomic E-state index is 12.3. The van der Waals surface area contributed by atoms with Crippen molar-refractivity contribution in [1.82, 2.24) is 4.98 Å². The Morgan fingerprint density at radius 2 is 1.96 bits per heavy atom. The average molecular weight is 398 g/mol. The molecule has 0 saturated carbocycles. The molecule has 2 heterocycles. The van der Waals surface area contributed by atoms with Gasteiger partial charge in [0, 0.05) is 5.69 Å². The quantitative estimate of drug-likeness (QED) is 0.373. The SMILES string of the molecule is Cc1ccc2oc(-c3cc(NC(=O)c4ccc([N+](=O)[O-])o4)ccc3Cl)nc2c1. The Morgan fingerprint density at radius 3 is 2.71 bits per heavy atom. The molecule has 0 spiro atoms. The van der Waals surface area contributed by atoms with Gasteiger partial charge in [0.05, 0.1) is 16.7 Å². The summed E-state index contributed by atoms with van der Waals surface area (Å²) in [6.07, 6.45) is 0. The number of nitrogens with one attached hydrogen (secondary N) is 1. The molecule has 0 radical (unpaired) electrons. The maximum Gasteiger partial charge on any atom is 0.433 e. The lowest BCUT2D eigenvalue weighted by molar-refractivity contribution is -0.402. The fourth-order valence-electron chi connectivity index (χ4n) is 2.66. The highest BCUT2D eigenvalue weighted by Crippen LogP contribution is 2.32. The maximum atomic E-state index is 12.3. The van der Waals surface area contributed by atoms with Crippen LogP contribution in [-0.2, 0) is 0 Å². The zero-order valence-electron chi connectivity index (χ0n) is 14.4. The minimum Gasteiger partial charge on any atom is -0.436 e. The lowest BCUT2D eigenvalue weighted by atomic mass is 10.2. The summed E-state index contributed by atoms with van der Waals surface area (Å²) >= 11 is 6.28. The number of benzene rings is 2. The van der Waals surface area contributed by atoms with Gasteiger partial charge >= 0.3 is 5.88 Å². The van der Waals surface area contributed by atoms with Gasteiger partial charge in [-0.15, -0.1) is 0 Å². The summed E-state index contributed by atoms with van der Waals surface area (Å²) < 4.78 is 10.7. The second kappa shape index (κ2) is 6.82. The first-order valence-electron chi connectivity index (χ1n) is 8.13. The molecule has 4 rings (SSSR count). The predicted octanol–water partition coefficient (Wildman–Crippen LogP) is 5.21. The van der Waals surface area contributed by atoms with Gasteiger partial charge in [-0.1, -0.05) is 17.7 Å². The van der Waals surface area contributed by atoms with Gasteiger partial charge in [0.1, 0.15) is 10.4 Å². The topological polar surface area (TPSA) is 111 Å². The molecule has 0 fully saturated rings. The van der Waals surface area contributed by atoms with Crippen LogP contribution in [0.3, 0.4) is 0 Å². The van der Waals surface area contributed by atoms with Crippen molar-refractivity contribution in [3.05, 3.63) is 75.0 Å². The predicted molar refractivity (Wildman–Crippen MR) is 103 cm³/mol. The number of hydrogen-bond donors (Lipinski definition) is 1. The van der Waals surface area contributed by atoms with Gasteiger partial charge < -0.3 is 14.2 Å². The number of rotatable bonds is 4. The third-order valence-electron chi connectivity index (χ3n) is 3.99. The number of furan rings is 1. The number of amides is 1. The zero-order valence-corrected chi connectivity index (χ0v) is 15.2. The number of carbonyl (C=O) groups excluding carboxylic acids is 1. The van der Waals surface area contributed by atoms with Crippen LogP contribution in [0.5, 0.6) is 0 Å². The van der Waals surface area contributed by atoms with Crippen LogP contribution in [0, 0.1) is 17.0 Å². The first-order valence-corrected chi connectivity index (χ1v) is 8.51. The van der Waals surface area contributed by atoms with Crippen LogP contribution in [0.1, 0.15) is 16.1 Å². The first kappa shape index (κ1) is 17.7. The second-order valence-electron chi connectivity index (χ2n) is 6.03. The van der Waals surface area contributed by atoms with Crippen LogP contribution in [0.2, 0.25) is 5.02 Å². The smallest absolute Gasteiger partial charge is 0.433 e. The monoisotopic (exact) mass is 397 g/mol. The van der Waals surface area contributed by atoms with Crippen molar-refractivity contribution in [3.8, 4) is 11.5 Å². The summed E-state index contributed by atoms with van der Waals surface area (Å²) in [5.74, 6) is -1.01. The number of nitro groups is 1. The van der Waals surface area contributed by atoms with Gasteiger partial charge in [0.2, 0.25) is 5.89 Å². The van der Waals surface area contributed by atoms with E-state index in [9.17, 15) is 14.9 Å². The molecule has 1 N–H and O–H groups in total. The normalized spacial score (nSPS) is 10.9. The number of aromatic nitrogens is 1. The first-order chi connectivity index (χ1) is 13.4. The number of oxazole rings is 1. The van der Waals surface area contributed by atoms with Gasteiger partial charge in [-0.3, -0.25) is 14.9 Å². The van der Waals surface area contributed by atoms with E-state index in [1.807, 2.05) is 25.1 Å². The molecule has 0 aliphatic rings. The number of fused-ring (bicyclic) bond motifs is 1. The fraction of sp³-hybridized carbons (Fsp3) is 0.0526. The van der Waals surface area contributed by atoms with Crippen molar-refractivity contribution >= 4 is 40.2 Å². The summed E-state index contributed by atoms with van der Waals surface area (Å²) in [7, 11) is 0. The molecule has 4 aromatic rings. The molecule has 9 heteroatoms. The Morgan fingerprint density at radius 1 is 1.14 bits per heavy atom. The van der Waals surface area contributed by atoms with Crippen LogP contribution in [0.4, 0.5) is 11.6 Å². The Bertz CT molecular complexity index is 1230. The molecule has 8 nitrogen and oxygen atoms in total. The highest BCUT2D eigenvalue weighted by atomic mass is 35.5. The lowest BCUT2D eigenvalue weighted by Gasteiger charge is -2.06. The van der Waals surface area contributed by atoms with E-state index < -0.39 is 16.7 Å². The molecule has 0 unspecified atom stereocenters. The summed E-state index contributed by atoms with van der Waals surface area (Å²) in [6.45, 7) is 1.95. The van der Waals surface area contributed by atoms with E-state index in [1.165, 1.54) is 6.07 Å². The summed E-state index contributed by atoms with van der Waals surface area (Å²) in [5, 5.41) is 13.7. The van der Waals surface area contributed by atoms with E-state index >= 15 is 0 Å². The third kappa shape index (κ3) is 3.33. The number of carbonyl (C=O) groups is 1. The van der Waals surface area contributed by atoms with E-state index in [0.717, 1.165) is 11.6 Å². The Hall–Kier alpha value is -3.65. The van der Waals surface area contributed by atoms with Crippen molar-refractivity contribution in [2.24, 2.45) is 0 Å². The average Bonchev–Trinajstić information content (AvgIpc) is 3.30. The van der Waals surface area contributed by atoms with E-state index in [2.05, 4.69) is 10.3 Å². The minimum atomic E-state index is -0.716. The largest absolute Gasteiger partial charge is 0.436 e. The van der Waals surface area contributed by atoms with Gasteiger partial charge in [0.25, 0.3) is 5.91 Å². The number of aryl methyl sites for hydroxylation is 1. The standard InChI is InChI=1S/C19H12ClN3O5/c1-10-2-5-15-14(8-10)22-19(28-15)12-9-11(3-4-13(12)20)21-18(24)16-6-7-17(27-16)23(25)26/h2-9H,1H3,(H,21,24). The summed E-state index contributed by atoms with van der Waals surface area (Å²) in [6, 6.07) is 12.8. The lowest BCUT2D eigenvalue weighted by Crippen LogP contribution is -2.10. The molecule has 2 aromatic carbocycles. The van der Waals surface area contributed by atoms with E-state index in [-0.39, 0.29) is 5.76 Å². The van der Waals surface area contributed by atoms with Crippen LogP contribution < -0.4 is 5.32 Å². The molecule has 28 heavy (non-hydrogen) atoms. The van der Waals surface area contributed by atoms with Gasteiger partial charge in [-0.2, -0.15) is 0 Å². The van der Waals surface area contributed by atoms with Crippen LogP contribution in [0.15, 0.2) is 57.4 Å². The molecule has 0 aliphatic carbocycles. The van der Waals surface area contributed by atoms with Crippen molar-refractivity contribution in [1.29, 1.82) is 0 Å². The highest BCUT2D eigenvalue weighted by molar-refractivity contribution is 6.33. The Balaban J connectivity index is 1.64. The van der Waals surface area contributed by atoms with Gasteiger partial charge in [-0.05, 0) is 48.9 Å². The second-order valence-corrected chi connectivity index (χ2v) is 6.44. The molecule has 140 valence electrons. The number of nitrogens with zero attached hydrogens (tertiary/aromatic N) is 2. The molecular formula is C19H12ClN3O5. The minimum absolute atomic E-state index is 0.180. The summed E-state index contributed by atoms with van der Waals surface area (Å²) in [5.41, 5.74) is 3.27. The Labute approximate surface area is 162 Å². The van der Waals surface area contributed by atoms with Crippen LogP contribution >= 0.6 is 11.6 Å². The third-order valence-corrected chi connectivity index (χ3v) is 4.32. The van der Waals surface area contributed by atoms with Crippen molar-refractivity contribution < 1.29 is 18.6 Å². The van der Waals surface area contributed by atoms with Crippen molar-refractivity contribution in [2.45, 2.75) is 6.92 Å². The van der Waals surface area contributed by atoms with Crippen molar-refractivity contribution in [3.63, 3.8) is 0 Å². The fourth-order valence-corrected chi connectivity index (χ4v) is 2.86. The molecule has 0 bridgehead atoms. The molecular weight excluding hydrogens is 386 g/mol. The van der Waals surface area contributed by atoms with Gasteiger partial charge in [-0.25, -0.2) is 4.98 Å². The zero-order chi connectivity index (χ0) is 19.8.